The molecule has 2 amide bonds. The molecule has 2 aliphatic heterocycles. The first-order valence-corrected chi connectivity index (χ1v) is 10.6. The van der Waals surface area contributed by atoms with Crippen LogP contribution < -0.4 is 10.5 Å². The Kier molecular flexibility index (Phi) is 5.77. The van der Waals surface area contributed by atoms with Gasteiger partial charge in [-0.3, -0.25) is 9.59 Å². The molecule has 4 rings (SSSR count). The topological polar surface area (TPSA) is 75.9 Å². The summed E-state index contributed by atoms with van der Waals surface area (Å²) in [5.41, 5.74) is 8.31. The Morgan fingerprint density at radius 3 is 2.53 bits per heavy atom. The Labute approximate surface area is 177 Å². The van der Waals surface area contributed by atoms with Crippen LogP contribution >= 0.6 is 0 Å². The Bertz CT molecular complexity index is 928. The van der Waals surface area contributed by atoms with E-state index in [1.54, 1.807) is 7.11 Å². The second kappa shape index (κ2) is 8.48. The molecule has 2 aromatic rings. The minimum absolute atomic E-state index is 0.000259. The molecule has 1 spiro atoms. The molecule has 158 valence electrons. The first kappa shape index (κ1) is 20.4. The van der Waals surface area contributed by atoms with E-state index in [-0.39, 0.29) is 11.8 Å². The number of fused-ring (bicyclic) bond motifs is 1. The van der Waals surface area contributed by atoms with Gasteiger partial charge in [0.15, 0.2) is 0 Å². The fraction of sp³-hybridized carbons (Fsp3) is 0.417. The first-order valence-electron chi connectivity index (χ1n) is 10.6. The number of methoxy groups -OCH3 is 1. The predicted molar refractivity (Wildman–Crippen MR) is 115 cm³/mol. The van der Waals surface area contributed by atoms with E-state index in [4.69, 9.17) is 10.5 Å². The maximum atomic E-state index is 13.6. The lowest BCUT2D eigenvalue weighted by Gasteiger charge is -2.52. The number of piperidine rings is 1. The van der Waals surface area contributed by atoms with Crippen LogP contribution in [0.15, 0.2) is 48.5 Å². The standard InChI is InChI=1S/C24H29N3O3/c1-30-21-9-7-18(8-10-21)23(29)27-16-20-6-3-2-5-19(20)15-24(27)12-4-14-26(17-24)22(28)11-13-25/h2-3,5-10H,4,11-17,25H2,1H3. The van der Waals surface area contributed by atoms with E-state index in [9.17, 15) is 9.59 Å². The van der Waals surface area contributed by atoms with Crippen LogP contribution in [0.25, 0.3) is 0 Å². The minimum Gasteiger partial charge on any atom is -0.497 e. The van der Waals surface area contributed by atoms with Crippen LogP contribution in [0.3, 0.4) is 0 Å². The van der Waals surface area contributed by atoms with Crippen LogP contribution in [0.4, 0.5) is 0 Å². The maximum absolute atomic E-state index is 13.6. The highest BCUT2D eigenvalue weighted by molar-refractivity contribution is 5.95. The lowest BCUT2D eigenvalue weighted by atomic mass is 9.76. The number of carbonyl (C=O) groups is 2. The highest BCUT2D eigenvalue weighted by Crippen LogP contribution is 2.38. The third-order valence-corrected chi connectivity index (χ3v) is 6.39. The second-order valence-electron chi connectivity index (χ2n) is 8.25. The Morgan fingerprint density at radius 1 is 1.10 bits per heavy atom. The number of hydrogen-bond donors (Lipinski definition) is 1. The van der Waals surface area contributed by atoms with Gasteiger partial charge in [-0.2, -0.15) is 0 Å². The lowest BCUT2D eigenvalue weighted by Crippen LogP contribution is -2.63. The Hall–Kier alpha value is -2.86. The van der Waals surface area contributed by atoms with Gasteiger partial charge in [0, 0.05) is 38.2 Å². The van der Waals surface area contributed by atoms with Gasteiger partial charge in [-0.15, -0.1) is 0 Å². The van der Waals surface area contributed by atoms with E-state index in [0.717, 1.165) is 31.6 Å². The molecule has 2 aromatic carbocycles. The summed E-state index contributed by atoms with van der Waals surface area (Å²) in [5, 5.41) is 0. The molecule has 0 bridgehead atoms. The molecule has 1 unspecified atom stereocenters. The number of amides is 2. The number of likely N-dealkylation sites (tertiary alicyclic amines) is 1. The zero-order valence-electron chi connectivity index (χ0n) is 17.5. The second-order valence-corrected chi connectivity index (χ2v) is 8.25. The first-order chi connectivity index (χ1) is 14.6. The molecule has 30 heavy (non-hydrogen) atoms. The smallest absolute Gasteiger partial charge is 0.254 e. The molecule has 0 aliphatic carbocycles. The monoisotopic (exact) mass is 407 g/mol. The van der Waals surface area contributed by atoms with Gasteiger partial charge in [-0.1, -0.05) is 24.3 Å². The van der Waals surface area contributed by atoms with Crippen LogP contribution in [0.1, 0.15) is 40.7 Å². The minimum atomic E-state index is -0.395. The van der Waals surface area contributed by atoms with Crippen LogP contribution in [-0.4, -0.2) is 53.9 Å². The molecule has 1 atom stereocenters. The average molecular weight is 408 g/mol. The summed E-state index contributed by atoms with van der Waals surface area (Å²) in [4.78, 5) is 30.2. The SMILES string of the molecule is COc1ccc(C(=O)N2Cc3ccccc3CC23CCCN(C(=O)CCN)C3)cc1. The van der Waals surface area contributed by atoms with Gasteiger partial charge >= 0.3 is 0 Å². The number of nitrogens with two attached hydrogens (primary N) is 1. The quantitative estimate of drug-likeness (QED) is 0.845. The molecular weight excluding hydrogens is 378 g/mol. The molecular formula is C24H29N3O3. The number of ether oxygens (including phenoxy) is 1. The highest BCUT2D eigenvalue weighted by Gasteiger charge is 2.46. The Balaban J connectivity index is 1.69. The van der Waals surface area contributed by atoms with Gasteiger partial charge in [0.2, 0.25) is 5.91 Å². The zero-order chi connectivity index (χ0) is 21.1. The average Bonchev–Trinajstić information content (AvgIpc) is 2.78. The third kappa shape index (κ3) is 3.79. The van der Waals surface area contributed by atoms with Crippen molar-refractivity contribution in [3.63, 3.8) is 0 Å². The molecule has 0 aromatic heterocycles. The molecule has 1 fully saturated rings. The van der Waals surface area contributed by atoms with Crippen molar-refractivity contribution >= 4 is 11.8 Å². The van der Waals surface area contributed by atoms with Gasteiger partial charge in [0.1, 0.15) is 5.75 Å². The van der Waals surface area contributed by atoms with Crippen molar-refractivity contribution in [3.05, 3.63) is 65.2 Å². The van der Waals surface area contributed by atoms with E-state index in [1.807, 2.05) is 46.2 Å². The third-order valence-electron chi connectivity index (χ3n) is 6.39. The number of rotatable bonds is 4. The summed E-state index contributed by atoms with van der Waals surface area (Å²) in [7, 11) is 1.61. The van der Waals surface area contributed by atoms with E-state index < -0.39 is 5.54 Å². The normalized spacial score (nSPS) is 20.7. The van der Waals surface area contributed by atoms with Gasteiger partial charge in [-0.05, 0) is 54.7 Å². The van der Waals surface area contributed by atoms with Crippen LogP contribution in [0.5, 0.6) is 5.75 Å². The van der Waals surface area contributed by atoms with E-state index >= 15 is 0 Å². The fourth-order valence-corrected chi connectivity index (χ4v) is 4.82. The van der Waals surface area contributed by atoms with Crippen molar-refractivity contribution in [2.45, 2.75) is 37.8 Å². The van der Waals surface area contributed by atoms with Gasteiger partial charge in [-0.25, -0.2) is 0 Å². The van der Waals surface area contributed by atoms with Crippen LogP contribution in [0, 0.1) is 0 Å². The van der Waals surface area contributed by atoms with Crippen molar-refractivity contribution in [3.8, 4) is 5.75 Å². The summed E-state index contributed by atoms with van der Waals surface area (Å²) >= 11 is 0. The summed E-state index contributed by atoms with van der Waals surface area (Å²) < 4.78 is 5.23. The molecule has 2 heterocycles. The number of hydrogen-bond acceptors (Lipinski definition) is 4. The van der Waals surface area contributed by atoms with Crippen molar-refractivity contribution in [2.24, 2.45) is 5.73 Å². The van der Waals surface area contributed by atoms with Gasteiger partial charge in [0.25, 0.3) is 5.91 Å². The van der Waals surface area contributed by atoms with Gasteiger partial charge in [0.05, 0.1) is 12.6 Å². The van der Waals surface area contributed by atoms with Crippen LogP contribution in [0.2, 0.25) is 0 Å². The maximum Gasteiger partial charge on any atom is 0.254 e. The molecule has 0 saturated carbocycles. The number of nitrogens with zero attached hydrogens (tertiary/aromatic N) is 2. The van der Waals surface area contributed by atoms with Crippen LogP contribution in [-0.2, 0) is 17.8 Å². The molecule has 1 saturated heterocycles. The Morgan fingerprint density at radius 2 is 1.83 bits per heavy atom. The van der Waals surface area contributed by atoms with Gasteiger partial charge < -0.3 is 20.3 Å². The molecule has 2 aliphatic rings. The summed E-state index contributed by atoms with van der Waals surface area (Å²) in [6.45, 7) is 2.19. The van der Waals surface area contributed by atoms with Crippen molar-refractivity contribution in [1.29, 1.82) is 0 Å². The molecule has 2 N–H and O–H groups in total. The highest BCUT2D eigenvalue weighted by atomic mass is 16.5. The largest absolute Gasteiger partial charge is 0.497 e. The molecule has 6 heteroatoms. The number of benzene rings is 2. The van der Waals surface area contributed by atoms with Crippen molar-refractivity contribution in [2.75, 3.05) is 26.7 Å². The molecule has 6 nitrogen and oxygen atoms in total. The summed E-state index contributed by atoms with van der Waals surface area (Å²) in [6, 6.07) is 15.6. The summed E-state index contributed by atoms with van der Waals surface area (Å²) in [6.07, 6.45) is 2.87. The lowest BCUT2D eigenvalue weighted by molar-refractivity contribution is -0.135. The fourth-order valence-electron chi connectivity index (χ4n) is 4.82. The zero-order valence-corrected chi connectivity index (χ0v) is 17.5. The van der Waals surface area contributed by atoms with E-state index in [1.165, 1.54) is 11.1 Å². The summed E-state index contributed by atoms with van der Waals surface area (Å²) in [5.74, 6) is 0.800. The van der Waals surface area contributed by atoms with Crippen molar-refractivity contribution in [1.82, 2.24) is 9.80 Å². The molecule has 0 radical (unpaired) electrons. The van der Waals surface area contributed by atoms with E-state index in [0.29, 0.717) is 31.6 Å². The van der Waals surface area contributed by atoms with Crippen molar-refractivity contribution < 1.29 is 14.3 Å². The predicted octanol–water partition coefficient (Wildman–Crippen LogP) is 2.60. The van der Waals surface area contributed by atoms with E-state index in [2.05, 4.69) is 12.1 Å². The number of carbonyl (C=O) groups excluding carboxylic acids is 2.